The first-order chi connectivity index (χ1) is 8.66. The number of aliphatic hydroxyl groups excluding tert-OH is 1. The number of anilines is 1. The smallest absolute Gasteiger partial charge is 0.241 e. The van der Waals surface area contributed by atoms with E-state index in [1.165, 1.54) is 0 Å². The topological polar surface area (TPSA) is 78.6 Å². The first-order valence-electron chi connectivity index (χ1n) is 5.94. The van der Waals surface area contributed by atoms with Gasteiger partial charge in [-0.05, 0) is 30.3 Å². The number of carbonyl (C=O) groups excluding carboxylic acids is 1. The number of hydrogen-bond acceptors (Lipinski definition) is 4. The van der Waals surface area contributed by atoms with Gasteiger partial charge >= 0.3 is 0 Å². The van der Waals surface area contributed by atoms with Crippen LogP contribution in [0.15, 0.2) is 30.5 Å². The van der Waals surface area contributed by atoms with Crippen LogP contribution in [0.3, 0.4) is 0 Å². The lowest BCUT2D eigenvalue weighted by atomic mass is 10.1. The van der Waals surface area contributed by atoms with Crippen LogP contribution < -0.4 is 11.1 Å². The van der Waals surface area contributed by atoms with Crippen molar-refractivity contribution in [3.63, 3.8) is 0 Å². The average Bonchev–Trinajstić information content (AvgIpc) is 2.68. The molecule has 0 saturated heterocycles. The van der Waals surface area contributed by atoms with Crippen LogP contribution in [0.25, 0.3) is 0 Å². The zero-order valence-electron chi connectivity index (χ0n) is 9.84. The van der Waals surface area contributed by atoms with Gasteiger partial charge in [-0.25, -0.2) is 0 Å². The van der Waals surface area contributed by atoms with E-state index in [1.54, 1.807) is 17.2 Å². The van der Waals surface area contributed by atoms with Crippen LogP contribution >= 0.6 is 0 Å². The van der Waals surface area contributed by atoms with E-state index in [9.17, 15) is 9.90 Å². The van der Waals surface area contributed by atoms with Gasteiger partial charge < -0.3 is 16.2 Å². The molecule has 18 heavy (non-hydrogen) atoms. The van der Waals surface area contributed by atoms with Crippen LogP contribution in [0.2, 0.25) is 0 Å². The second kappa shape index (κ2) is 4.12. The molecular weight excluding hydrogens is 230 g/mol. The Labute approximate surface area is 105 Å². The summed E-state index contributed by atoms with van der Waals surface area (Å²) in [4.78, 5) is 13.6. The lowest BCUT2D eigenvalue weighted by Crippen LogP contribution is -2.46. The number of nitrogens with two attached hydrogens (primary N) is 1. The largest absolute Gasteiger partial charge is 0.399 e. The number of nitrogens with one attached hydrogen (secondary N) is 1. The second-order valence-corrected chi connectivity index (χ2v) is 4.67. The van der Waals surface area contributed by atoms with Crippen molar-refractivity contribution in [1.82, 2.24) is 10.2 Å². The Morgan fingerprint density at radius 3 is 3.06 bits per heavy atom. The van der Waals surface area contributed by atoms with Gasteiger partial charge in [0.1, 0.15) is 6.23 Å². The SMILES string of the molecule is Nc1ccc2c(c1)C(O)N(C1CC=CNC1=O)C2. The highest BCUT2D eigenvalue weighted by atomic mass is 16.3. The van der Waals surface area contributed by atoms with Crippen LogP contribution in [-0.4, -0.2) is 22.0 Å². The molecule has 1 amide bonds. The maximum absolute atomic E-state index is 11.8. The minimum Gasteiger partial charge on any atom is -0.399 e. The Morgan fingerprint density at radius 2 is 2.28 bits per heavy atom. The molecule has 0 bridgehead atoms. The number of amides is 1. The average molecular weight is 245 g/mol. The summed E-state index contributed by atoms with van der Waals surface area (Å²) in [6.45, 7) is 0.572. The van der Waals surface area contributed by atoms with E-state index in [4.69, 9.17) is 5.73 Å². The molecule has 2 aliphatic rings. The Kier molecular flexibility index (Phi) is 2.57. The molecule has 3 rings (SSSR count). The van der Waals surface area contributed by atoms with Crippen molar-refractivity contribution in [1.29, 1.82) is 0 Å². The van der Waals surface area contributed by atoms with E-state index in [2.05, 4.69) is 5.32 Å². The van der Waals surface area contributed by atoms with Crippen LogP contribution in [-0.2, 0) is 11.3 Å². The van der Waals surface area contributed by atoms with E-state index >= 15 is 0 Å². The fraction of sp³-hybridized carbons (Fsp3) is 0.308. The lowest BCUT2D eigenvalue weighted by molar-refractivity contribution is -0.131. The van der Waals surface area contributed by atoms with Crippen LogP contribution in [0.5, 0.6) is 0 Å². The Bertz CT molecular complexity index is 527. The summed E-state index contributed by atoms with van der Waals surface area (Å²) in [5.41, 5.74) is 8.18. The summed E-state index contributed by atoms with van der Waals surface area (Å²) in [5.74, 6) is -0.0719. The first kappa shape index (κ1) is 11.3. The first-order valence-corrected chi connectivity index (χ1v) is 5.94. The molecule has 94 valence electrons. The molecule has 0 aliphatic carbocycles. The fourth-order valence-corrected chi connectivity index (χ4v) is 2.57. The second-order valence-electron chi connectivity index (χ2n) is 4.67. The third-order valence-corrected chi connectivity index (χ3v) is 3.52. The van der Waals surface area contributed by atoms with Crippen molar-refractivity contribution in [2.45, 2.75) is 25.2 Å². The molecule has 4 N–H and O–H groups in total. The monoisotopic (exact) mass is 245 g/mol. The number of fused-ring (bicyclic) bond motifs is 1. The molecule has 2 unspecified atom stereocenters. The van der Waals surface area contributed by atoms with E-state index in [0.29, 0.717) is 18.7 Å². The number of rotatable bonds is 1. The van der Waals surface area contributed by atoms with Gasteiger partial charge in [0.25, 0.3) is 0 Å². The highest BCUT2D eigenvalue weighted by Gasteiger charge is 2.37. The summed E-state index contributed by atoms with van der Waals surface area (Å²) in [6.07, 6.45) is 3.40. The van der Waals surface area contributed by atoms with Crippen molar-refractivity contribution in [2.24, 2.45) is 0 Å². The van der Waals surface area contributed by atoms with E-state index in [0.717, 1.165) is 11.1 Å². The van der Waals surface area contributed by atoms with E-state index in [1.807, 2.05) is 18.2 Å². The van der Waals surface area contributed by atoms with Gasteiger partial charge in [0.15, 0.2) is 0 Å². The lowest BCUT2D eigenvalue weighted by Gasteiger charge is -2.30. The molecule has 2 atom stereocenters. The van der Waals surface area contributed by atoms with Gasteiger partial charge in [-0.1, -0.05) is 12.1 Å². The molecule has 0 spiro atoms. The van der Waals surface area contributed by atoms with Crippen LogP contribution in [0, 0.1) is 0 Å². The predicted molar refractivity (Wildman–Crippen MR) is 67.0 cm³/mol. The molecule has 0 fully saturated rings. The van der Waals surface area contributed by atoms with Gasteiger partial charge in [-0.15, -0.1) is 0 Å². The molecule has 2 aliphatic heterocycles. The predicted octanol–water partition coefficient (Wildman–Crippen LogP) is 0.477. The highest BCUT2D eigenvalue weighted by molar-refractivity contribution is 5.84. The van der Waals surface area contributed by atoms with Gasteiger partial charge in [-0.2, -0.15) is 0 Å². The van der Waals surface area contributed by atoms with Crippen molar-refractivity contribution in [3.05, 3.63) is 41.6 Å². The molecule has 2 heterocycles. The quantitative estimate of drug-likeness (QED) is 0.629. The van der Waals surface area contributed by atoms with Gasteiger partial charge in [-0.3, -0.25) is 9.69 Å². The van der Waals surface area contributed by atoms with Crippen molar-refractivity contribution >= 4 is 11.6 Å². The minimum absolute atomic E-state index is 0.0719. The molecular formula is C13H15N3O2. The molecule has 5 heteroatoms. The molecule has 0 radical (unpaired) electrons. The third-order valence-electron chi connectivity index (χ3n) is 3.52. The maximum atomic E-state index is 11.8. The number of carbonyl (C=O) groups is 1. The zero-order chi connectivity index (χ0) is 12.7. The van der Waals surface area contributed by atoms with E-state index < -0.39 is 6.23 Å². The van der Waals surface area contributed by atoms with Gasteiger partial charge in [0, 0.05) is 17.8 Å². The highest BCUT2D eigenvalue weighted by Crippen LogP contribution is 2.35. The molecule has 0 aromatic heterocycles. The molecule has 5 nitrogen and oxygen atoms in total. The normalized spacial score (nSPS) is 27.1. The number of aliphatic hydroxyl groups is 1. The molecule has 0 saturated carbocycles. The van der Waals surface area contributed by atoms with E-state index in [-0.39, 0.29) is 11.9 Å². The van der Waals surface area contributed by atoms with Crippen molar-refractivity contribution < 1.29 is 9.90 Å². The maximum Gasteiger partial charge on any atom is 0.241 e. The zero-order valence-corrected chi connectivity index (χ0v) is 9.84. The third kappa shape index (κ3) is 1.68. The Hall–Kier alpha value is -1.85. The molecule has 1 aromatic carbocycles. The standard InChI is InChI=1S/C13H15N3O2/c14-9-4-3-8-7-16(13(18)10(8)6-9)11-2-1-5-15-12(11)17/h1,3-6,11,13,18H,2,7,14H2,(H,15,17). The van der Waals surface area contributed by atoms with Gasteiger partial charge in [0.05, 0.1) is 6.04 Å². The summed E-state index contributed by atoms with van der Waals surface area (Å²) in [6, 6.07) is 5.18. The minimum atomic E-state index is -0.759. The Morgan fingerprint density at radius 1 is 1.44 bits per heavy atom. The summed E-state index contributed by atoms with van der Waals surface area (Å²) >= 11 is 0. The van der Waals surface area contributed by atoms with Gasteiger partial charge in [0.2, 0.25) is 5.91 Å². The summed E-state index contributed by atoms with van der Waals surface area (Å²) < 4.78 is 0. The van der Waals surface area contributed by atoms with Crippen molar-refractivity contribution in [3.8, 4) is 0 Å². The summed E-state index contributed by atoms with van der Waals surface area (Å²) in [5, 5.41) is 13.0. The number of nitrogens with zero attached hydrogens (tertiary/aromatic N) is 1. The number of hydrogen-bond donors (Lipinski definition) is 3. The fourth-order valence-electron chi connectivity index (χ4n) is 2.57. The number of benzene rings is 1. The Balaban J connectivity index is 1.90. The molecule has 1 aromatic rings. The van der Waals surface area contributed by atoms with Crippen LogP contribution in [0.4, 0.5) is 5.69 Å². The van der Waals surface area contributed by atoms with Crippen LogP contribution in [0.1, 0.15) is 23.8 Å². The number of nitrogen functional groups attached to an aromatic ring is 1. The summed E-state index contributed by atoms with van der Waals surface area (Å²) in [7, 11) is 0. The van der Waals surface area contributed by atoms with Crippen molar-refractivity contribution in [2.75, 3.05) is 5.73 Å².